The number of nitrogens with one attached hydrogen (secondary N) is 1. The summed E-state index contributed by atoms with van der Waals surface area (Å²) in [6.45, 7) is 2.00. The molecule has 3 aromatic carbocycles. The fraction of sp³-hybridized carbons (Fsp3) is 0.167. The monoisotopic (exact) mass is 596 g/mol. The van der Waals surface area contributed by atoms with Crippen LogP contribution < -0.4 is 23.8 Å². The van der Waals surface area contributed by atoms with Gasteiger partial charge in [-0.25, -0.2) is 5.43 Å². The Morgan fingerprint density at radius 2 is 1.72 bits per heavy atom. The van der Waals surface area contributed by atoms with Gasteiger partial charge < -0.3 is 18.4 Å². The van der Waals surface area contributed by atoms with Crippen molar-refractivity contribution in [2.75, 3.05) is 20.8 Å². The minimum absolute atomic E-state index is 0.0293. The molecule has 0 aliphatic heterocycles. The lowest BCUT2D eigenvalue weighted by molar-refractivity contribution is 0.0954. The Hall–Kier alpha value is -3.28. The van der Waals surface area contributed by atoms with Crippen molar-refractivity contribution in [3.05, 3.63) is 75.2 Å². The lowest BCUT2D eigenvalue weighted by Crippen LogP contribution is -2.17. The van der Waals surface area contributed by atoms with Gasteiger partial charge in [0.05, 0.1) is 31.5 Å². The number of hydrazone groups is 1. The van der Waals surface area contributed by atoms with Gasteiger partial charge in [0.25, 0.3) is 5.91 Å². The van der Waals surface area contributed by atoms with E-state index in [0.717, 1.165) is 0 Å². The fourth-order valence-electron chi connectivity index (χ4n) is 2.97. The Morgan fingerprint density at radius 1 is 1.03 bits per heavy atom. The lowest BCUT2D eigenvalue weighted by Gasteiger charge is -2.14. The van der Waals surface area contributed by atoms with Gasteiger partial charge in [-0.3, -0.25) is 4.79 Å². The first-order valence-electron chi connectivity index (χ1n) is 10.4. The molecular formula is C24H22BrClN2O7S. The average Bonchev–Trinajstić information content (AvgIpc) is 2.86. The Labute approximate surface area is 222 Å². The van der Waals surface area contributed by atoms with E-state index in [1.54, 1.807) is 25.1 Å². The summed E-state index contributed by atoms with van der Waals surface area (Å²) in [4.78, 5) is 12.4. The van der Waals surface area contributed by atoms with E-state index in [1.807, 2.05) is 0 Å². The molecule has 0 aromatic heterocycles. The molecule has 0 heterocycles. The molecule has 12 heteroatoms. The summed E-state index contributed by atoms with van der Waals surface area (Å²) in [5.74, 6) is 0.565. The van der Waals surface area contributed by atoms with E-state index < -0.39 is 16.0 Å². The molecule has 3 aromatic rings. The van der Waals surface area contributed by atoms with Crippen LogP contribution in [0.2, 0.25) is 5.02 Å². The number of nitrogens with zero attached hydrogens (tertiary/aromatic N) is 1. The molecule has 0 fully saturated rings. The molecular weight excluding hydrogens is 576 g/mol. The predicted molar refractivity (Wildman–Crippen MR) is 139 cm³/mol. The Morgan fingerprint density at radius 3 is 2.36 bits per heavy atom. The SMILES string of the molecule is CCOc1cc(/C=N/NC(=O)c2ccc(OC)c(OC)c2)cc(Br)c1OS(=O)(=O)c1ccc(Cl)cc1. The summed E-state index contributed by atoms with van der Waals surface area (Å²) in [6.07, 6.45) is 1.38. The minimum atomic E-state index is -4.15. The first-order chi connectivity index (χ1) is 17.2. The first-order valence-corrected chi connectivity index (χ1v) is 13.0. The van der Waals surface area contributed by atoms with Crippen LogP contribution in [0.1, 0.15) is 22.8 Å². The van der Waals surface area contributed by atoms with Crippen molar-refractivity contribution >= 4 is 49.8 Å². The highest BCUT2D eigenvalue weighted by Crippen LogP contribution is 2.38. The van der Waals surface area contributed by atoms with Crippen LogP contribution in [0.4, 0.5) is 0 Å². The van der Waals surface area contributed by atoms with Crippen molar-refractivity contribution in [1.82, 2.24) is 5.43 Å². The molecule has 3 rings (SSSR count). The van der Waals surface area contributed by atoms with Crippen molar-refractivity contribution in [1.29, 1.82) is 0 Å². The number of carbonyl (C=O) groups excluding carboxylic acids is 1. The fourth-order valence-corrected chi connectivity index (χ4v) is 4.70. The van der Waals surface area contributed by atoms with Crippen LogP contribution in [0.5, 0.6) is 23.0 Å². The smallest absolute Gasteiger partial charge is 0.339 e. The second kappa shape index (κ2) is 12.1. The Bertz CT molecular complexity index is 1380. The van der Waals surface area contributed by atoms with Crippen LogP contribution >= 0.6 is 27.5 Å². The van der Waals surface area contributed by atoms with Crippen LogP contribution in [-0.2, 0) is 10.1 Å². The van der Waals surface area contributed by atoms with Crippen LogP contribution in [0.25, 0.3) is 0 Å². The molecule has 0 bridgehead atoms. The van der Waals surface area contributed by atoms with Crippen LogP contribution in [0.3, 0.4) is 0 Å². The van der Waals surface area contributed by atoms with Crippen LogP contribution in [0, 0.1) is 0 Å². The van der Waals surface area contributed by atoms with Crippen molar-refractivity contribution < 1.29 is 31.6 Å². The van der Waals surface area contributed by atoms with Gasteiger partial charge in [0.2, 0.25) is 0 Å². The van der Waals surface area contributed by atoms with E-state index in [1.165, 1.54) is 56.8 Å². The predicted octanol–water partition coefficient (Wildman–Crippen LogP) is 5.05. The number of methoxy groups -OCH3 is 2. The highest BCUT2D eigenvalue weighted by molar-refractivity contribution is 9.10. The molecule has 0 aliphatic carbocycles. The van der Waals surface area contributed by atoms with E-state index in [9.17, 15) is 13.2 Å². The molecule has 0 atom stereocenters. The van der Waals surface area contributed by atoms with Gasteiger partial charge >= 0.3 is 10.1 Å². The molecule has 0 saturated heterocycles. The zero-order valence-corrected chi connectivity index (χ0v) is 22.6. The summed E-state index contributed by atoms with van der Waals surface area (Å²) in [5, 5.41) is 4.37. The second-order valence-electron chi connectivity index (χ2n) is 7.02. The van der Waals surface area contributed by atoms with Crippen LogP contribution in [0.15, 0.2) is 69.1 Å². The largest absolute Gasteiger partial charge is 0.493 e. The third-order valence-electron chi connectivity index (χ3n) is 4.65. The van der Waals surface area contributed by atoms with E-state index in [2.05, 4.69) is 26.5 Å². The standard InChI is InChI=1S/C24H22BrClN2O7S/c1-4-34-22-12-15(14-27-28-24(29)16-5-10-20(32-2)21(13-16)33-3)11-19(25)23(22)35-36(30,31)18-8-6-17(26)7-9-18/h5-14H,4H2,1-3H3,(H,28,29)/b27-14+. The number of halogens is 2. The summed E-state index contributed by atoms with van der Waals surface area (Å²) in [6, 6.07) is 13.4. The van der Waals surface area contributed by atoms with Crippen LogP contribution in [-0.4, -0.2) is 41.4 Å². The number of hydrogen-bond donors (Lipinski definition) is 1. The topological polar surface area (TPSA) is 113 Å². The average molecular weight is 598 g/mol. The number of ether oxygens (including phenoxy) is 3. The molecule has 1 amide bonds. The molecule has 1 N–H and O–H groups in total. The molecule has 36 heavy (non-hydrogen) atoms. The maximum atomic E-state index is 12.7. The van der Waals surface area contributed by atoms with Gasteiger partial charge in [0.15, 0.2) is 23.0 Å². The van der Waals surface area contributed by atoms with E-state index in [-0.39, 0.29) is 23.0 Å². The quantitative estimate of drug-likeness (QED) is 0.198. The third-order valence-corrected chi connectivity index (χ3v) is 6.73. The van der Waals surface area contributed by atoms with E-state index in [0.29, 0.717) is 32.1 Å². The normalized spacial score (nSPS) is 11.2. The molecule has 0 saturated carbocycles. The van der Waals surface area contributed by atoms with Gasteiger partial charge in [-0.05, 0) is 83.0 Å². The van der Waals surface area contributed by atoms with E-state index >= 15 is 0 Å². The molecule has 0 unspecified atom stereocenters. The Kier molecular flexibility index (Phi) is 9.19. The highest BCUT2D eigenvalue weighted by Gasteiger charge is 2.22. The van der Waals surface area contributed by atoms with Gasteiger partial charge in [-0.2, -0.15) is 13.5 Å². The summed E-state index contributed by atoms with van der Waals surface area (Å²) >= 11 is 9.17. The van der Waals surface area contributed by atoms with Gasteiger partial charge in [-0.15, -0.1) is 0 Å². The maximum absolute atomic E-state index is 12.7. The number of rotatable bonds is 10. The van der Waals surface area contributed by atoms with Crippen molar-refractivity contribution in [3.8, 4) is 23.0 Å². The minimum Gasteiger partial charge on any atom is -0.493 e. The van der Waals surface area contributed by atoms with Gasteiger partial charge in [-0.1, -0.05) is 11.6 Å². The third kappa shape index (κ3) is 6.68. The number of benzene rings is 3. The first kappa shape index (κ1) is 27.3. The van der Waals surface area contributed by atoms with E-state index in [4.69, 9.17) is 30.0 Å². The van der Waals surface area contributed by atoms with Gasteiger partial charge in [0.1, 0.15) is 4.90 Å². The second-order valence-corrected chi connectivity index (χ2v) is 9.86. The highest BCUT2D eigenvalue weighted by atomic mass is 79.9. The van der Waals surface area contributed by atoms with Gasteiger partial charge in [0, 0.05) is 10.6 Å². The summed E-state index contributed by atoms with van der Waals surface area (Å²) < 4.78 is 47.1. The molecule has 0 spiro atoms. The van der Waals surface area contributed by atoms with Crippen molar-refractivity contribution in [2.45, 2.75) is 11.8 Å². The number of amides is 1. The molecule has 0 aliphatic rings. The van der Waals surface area contributed by atoms with Crippen molar-refractivity contribution in [2.24, 2.45) is 5.10 Å². The molecule has 0 radical (unpaired) electrons. The number of carbonyl (C=O) groups is 1. The van der Waals surface area contributed by atoms with Crippen molar-refractivity contribution in [3.63, 3.8) is 0 Å². The number of hydrogen-bond acceptors (Lipinski definition) is 8. The zero-order chi connectivity index (χ0) is 26.3. The Balaban J connectivity index is 1.80. The zero-order valence-electron chi connectivity index (χ0n) is 19.4. The summed E-state index contributed by atoms with van der Waals surface area (Å²) in [5.41, 5.74) is 3.25. The molecule has 190 valence electrons. The summed E-state index contributed by atoms with van der Waals surface area (Å²) in [7, 11) is -1.18. The maximum Gasteiger partial charge on any atom is 0.339 e. The molecule has 9 nitrogen and oxygen atoms in total. The lowest BCUT2D eigenvalue weighted by atomic mass is 10.2.